The number of hydrogen-bond donors (Lipinski definition) is 1. The minimum absolute atomic E-state index is 0.559. The Balaban J connectivity index is 2.21. The summed E-state index contributed by atoms with van der Waals surface area (Å²) in [5, 5.41) is 3.49. The van der Waals surface area contributed by atoms with Gasteiger partial charge in [-0.1, -0.05) is 52.0 Å². The predicted molar refractivity (Wildman–Crippen MR) is 84.3 cm³/mol. The van der Waals surface area contributed by atoms with Crippen LogP contribution < -0.4 is 5.32 Å². The minimum atomic E-state index is 0.559. The largest absolute Gasteiger partial charge is 0.356 e. The Morgan fingerprint density at radius 3 is 1.47 bits per heavy atom. The maximum Gasteiger partial charge on any atom is 0.0387 e. The SMILES string of the molecule is CC(C)c1cccc(Nc2cccc(C(C)C)c2)c1. The summed E-state index contributed by atoms with van der Waals surface area (Å²) in [7, 11) is 0. The summed E-state index contributed by atoms with van der Waals surface area (Å²) in [5.41, 5.74) is 5.05. The van der Waals surface area contributed by atoms with Gasteiger partial charge in [-0.05, 0) is 47.2 Å². The first-order valence-electron chi connectivity index (χ1n) is 7.03. The van der Waals surface area contributed by atoms with E-state index in [-0.39, 0.29) is 0 Å². The van der Waals surface area contributed by atoms with Crippen LogP contribution in [0.3, 0.4) is 0 Å². The Labute approximate surface area is 116 Å². The highest BCUT2D eigenvalue weighted by Gasteiger charge is 2.03. The van der Waals surface area contributed by atoms with Gasteiger partial charge in [-0.2, -0.15) is 0 Å². The van der Waals surface area contributed by atoms with Gasteiger partial charge in [0.15, 0.2) is 0 Å². The molecule has 0 saturated carbocycles. The summed E-state index contributed by atoms with van der Waals surface area (Å²) in [6.07, 6.45) is 0. The molecule has 0 heterocycles. The summed E-state index contributed by atoms with van der Waals surface area (Å²) >= 11 is 0. The predicted octanol–water partition coefficient (Wildman–Crippen LogP) is 5.68. The molecule has 0 saturated heterocycles. The van der Waals surface area contributed by atoms with Crippen molar-refractivity contribution in [3.63, 3.8) is 0 Å². The second-order valence-electron chi connectivity index (χ2n) is 5.69. The van der Waals surface area contributed by atoms with E-state index < -0.39 is 0 Å². The molecule has 1 N–H and O–H groups in total. The number of benzene rings is 2. The van der Waals surface area contributed by atoms with Gasteiger partial charge >= 0.3 is 0 Å². The fourth-order valence-electron chi connectivity index (χ4n) is 2.12. The molecule has 0 unspecified atom stereocenters. The molecule has 100 valence electrons. The van der Waals surface area contributed by atoms with E-state index >= 15 is 0 Å². The van der Waals surface area contributed by atoms with Crippen LogP contribution in [0.25, 0.3) is 0 Å². The maximum atomic E-state index is 3.49. The summed E-state index contributed by atoms with van der Waals surface area (Å²) in [6.45, 7) is 8.88. The Morgan fingerprint density at radius 1 is 0.684 bits per heavy atom. The molecule has 0 amide bonds. The molecule has 2 rings (SSSR count). The molecular formula is C18H23N. The van der Waals surface area contributed by atoms with E-state index in [9.17, 15) is 0 Å². The van der Waals surface area contributed by atoms with Gasteiger partial charge in [0.1, 0.15) is 0 Å². The van der Waals surface area contributed by atoms with Gasteiger partial charge in [0, 0.05) is 11.4 Å². The van der Waals surface area contributed by atoms with Crippen molar-refractivity contribution in [3.05, 3.63) is 59.7 Å². The summed E-state index contributed by atoms with van der Waals surface area (Å²) in [4.78, 5) is 0. The average molecular weight is 253 g/mol. The number of nitrogens with one attached hydrogen (secondary N) is 1. The van der Waals surface area contributed by atoms with Crippen molar-refractivity contribution in [2.75, 3.05) is 5.32 Å². The fraction of sp³-hybridized carbons (Fsp3) is 0.333. The van der Waals surface area contributed by atoms with E-state index in [0.717, 1.165) is 11.4 Å². The van der Waals surface area contributed by atoms with Crippen molar-refractivity contribution in [3.8, 4) is 0 Å². The molecule has 2 aromatic carbocycles. The molecule has 19 heavy (non-hydrogen) atoms. The second kappa shape index (κ2) is 5.92. The molecular weight excluding hydrogens is 230 g/mol. The minimum Gasteiger partial charge on any atom is -0.356 e. The normalized spacial score (nSPS) is 11.1. The first-order valence-corrected chi connectivity index (χ1v) is 7.03. The molecule has 0 spiro atoms. The molecule has 0 aliphatic heterocycles. The lowest BCUT2D eigenvalue weighted by Crippen LogP contribution is -1.95. The lowest BCUT2D eigenvalue weighted by Gasteiger charge is -2.12. The second-order valence-corrected chi connectivity index (χ2v) is 5.69. The van der Waals surface area contributed by atoms with E-state index in [2.05, 4.69) is 81.5 Å². The molecule has 1 heteroatoms. The van der Waals surface area contributed by atoms with Crippen LogP contribution in [0.2, 0.25) is 0 Å². The lowest BCUT2D eigenvalue weighted by molar-refractivity contribution is 0.866. The molecule has 2 aromatic rings. The van der Waals surface area contributed by atoms with Crippen LogP contribution in [0.15, 0.2) is 48.5 Å². The lowest BCUT2D eigenvalue weighted by atomic mass is 10.0. The highest BCUT2D eigenvalue weighted by molar-refractivity contribution is 5.61. The third kappa shape index (κ3) is 3.60. The smallest absolute Gasteiger partial charge is 0.0387 e. The van der Waals surface area contributed by atoms with Gasteiger partial charge in [0.25, 0.3) is 0 Å². The molecule has 0 atom stereocenters. The van der Waals surface area contributed by atoms with E-state index in [1.165, 1.54) is 11.1 Å². The topological polar surface area (TPSA) is 12.0 Å². The highest BCUT2D eigenvalue weighted by atomic mass is 14.9. The zero-order valence-corrected chi connectivity index (χ0v) is 12.3. The van der Waals surface area contributed by atoms with Gasteiger partial charge in [0.05, 0.1) is 0 Å². The Bertz CT molecular complexity index is 491. The highest BCUT2D eigenvalue weighted by Crippen LogP contribution is 2.24. The molecule has 0 aromatic heterocycles. The van der Waals surface area contributed by atoms with Crippen LogP contribution >= 0.6 is 0 Å². The van der Waals surface area contributed by atoms with Gasteiger partial charge in [-0.3, -0.25) is 0 Å². The molecule has 0 bridgehead atoms. The van der Waals surface area contributed by atoms with Crippen molar-refractivity contribution in [2.45, 2.75) is 39.5 Å². The summed E-state index contributed by atoms with van der Waals surface area (Å²) < 4.78 is 0. The molecule has 0 aliphatic carbocycles. The van der Waals surface area contributed by atoms with Crippen molar-refractivity contribution >= 4 is 11.4 Å². The Morgan fingerprint density at radius 2 is 1.11 bits per heavy atom. The number of hydrogen-bond acceptors (Lipinski definition) is 1. The summed E-state index contributed by atoms with van der Waals surface area (Å²) in [6, 6.07) is 17.3. The van der Waals surface area contributed by atoms with Crippen LogP contribution in [0.4, 0.5) is 11.4 Å². The van der Waals surface area contributed by atoms with E-state index in [1.807, 2.05) is 0 Å². The monoisotopic (exact) mass is 253 g/mol. The van der Waals surface area contributed by atoms with Gasteiger partial charge in [-0.15, -0.1) is 0 Å². The van der Waals surface area contributed by atoms with Gasteiger partial charge in [0.2, 0.25) is 0 Å². The van der Waals surface area contributed by atoms with Gasteiger partial charge < -0.3 is 5.32 Å². The van der Waals surface area contributed by atoms with Crippen LogP contribution in [-0.4, -0.2) is 0 Å². The van der Waals surface area contributed by atoms with Crippen molar-refractivity contribution in [1.29, 1.82) is 0 Å². The van der Waals surface area contributed by atoms with Crippen LogP contribution in [0.1, 0.15) is 50.7 Å². The Kier molecular flexibility index (Phi) is 4.26. The zero-order valence-electron chi connectivity index (χ0n) is 12.3. The van der Waals surface area contributed by atoms with Crippen molar-refractivity contribution < 1.29 is 0 Å². The molecule has 0 fully saturated rings. The standard InChI is InChI=1S/C18H23N/c1-13(2)15-7-5-9-17(11-15)19-18-10-6-8-16(12-18)14(3)4/h5-14,19H,1-4H3. The Hall–Kier alpha value is -1.76. The quantitative estimate of drug-likeness (QED) is 0.739. The number of anilines is 2. The number of rotatable bonds is 4. The van der Waals surface area contributed by atoms with Crippen molar-refractivity contribution in [2.24, 2.45) is 0 Å². The van der Waals surface area contributed by atoms with Crippen LogP contribution in [-0.2, 0) is 0 Å². The fourth-order valence-corrected chi connectivity index (χ4v) is 2.12. The zero-order chi connectivity index (χ0) is 13.8. The third-order valence-corrected chi connectivity index (χ3v) is 3.40. The first kappa shape index (κ1) is 13.7. The molecule has 0 aliphatic rings. The molecule has 1 nitrogen and oxygen atoms in total. The van der Waals surface area contributed by atoms with Crippen molar-refractivity contribution in [1.82, 2.24) is 0 Å². The average Bonchev–Trinajstić information content (AvgIpc) is 2.39. The van der Waals surface area contributed by atoms with Crippen LogP contribution in [0, 0.1) is 0 Å². The van der Waals surface area contributed by atoms with E-state index in [0.29, 0.717) is 11.8 Å². The maximum absolute atomic E-state index is 3.49. The van der Waals surface area contributed by atoms with Crippen LogP contribution in [0.5, 0.6) is 0 Å². The van der Waals surface area contributed by atoms with E-state index in [1.54, 1.807) is 0 Å². The first-order chi connectivity index (χ1) is 9.06. The van der Waals surface area contributed by atoms with Gasteiger partial charge in [-0.25, -0.2) is 0 Å². The third-order valence-electron chi connectivity index (χ3n) is 3.40. The van der Waals surface area contributed by atoms with E-state index in [4.69, 9.17) is 0 Å². The molecule has 0 radical (unpaired) electrons. The summed E-state index contributed by atoms with van der Waals surface area (Å²) in [5.74, 6) is 1.12.